The van der Waals surface area contributed by atoms with E-state index >= 15 is 0 Å². The van der Waals surface area contributed by atoms with Crippen molar-refractivity contribution >= 4 is 33.3 Å². The fraction of sp³-hybridized carbons (Fsp3) is 0.300. The van der Waals surface area contributed by atoms with Gasteiger partial charge >= 0.3 is 5.97 Å². The van der Waals surface area contributed by atoms with E-state index in [4.69, 9.17) is 5.11 Å². The molecule has 6 heteroatoms. The standard InChI is InChI=1S/C10H11N3O2S/c14-8(15)2-1-4-11-9-7-3-5-16-10(7)13-6-12-9/h3,5-6H,1-2,4H2,(H,14,15)(H,11,12,13). The SMILES string of the molecule is O=C(O)CCCNc1ncnc2sccc12. The number of hydrogen-bond donors (Lipinski definition) is 2. The molecule has 0 radical (unpaired) electrons. The molecule has 2 rings (SSSR count). The number of aromatic nitrogens is 2. The lowest BCUT2D eigenvalue weighted by Crippen LogP contribution is -2.06. The van der Waals surface area contributed by atoms with Crippen molar-refractivity contribution in [3.05, 3.63) is 17.8 Å². The van der Waals surface area contributed by atoms with Crippen molar-refractivity contribution in [3.8, 4) is 0 Å². The fourth-order valence-corrected chi connectivity index (χ4v) is 2.11. The van der Waals surface area contributed by atoms with Gasteiger partial charge in [0.1, 0.15) is 17.0 Å². The van der Waals surface area contributed by atoms with Crippen molar-refractivity contribution in [1.82, 2.24) is 9.97 Å². The Morgan fingerprint density at radius 3 is 3.19 bits per heavy atom. The Morgan fingerprint density at radius 2 is 2.38 bits per heavy atom. The molecule has 0 spiro atoms. The van der Waals surface area contributed by atoms with E-state index in [1.165, 1.54) is 6.33 Å². The van der Waals surface area contributed by atoms with E-state index in [0.717, 1.165) is 16.0 Å². The summed E-state index contributed by atoms with van der Waals surface area (Å²) in [6.45, 7) is 0.605. The number of nitrogens with zero attached hydrogens (tertiary/aromatic N) is 2. The number of carbonyl (C=O) groups is 1. The number of aliphatic carboxylic acids is 1. The Balaban J connectivity index is 1.98. The quantitative estimate of drug-likeness (QED) is 0.777. The maximum atomic E-state index is 10.3. The number of anilines is 1. The van der Waals surface area contributed by atoms with E-state index in [9.17, 15) is 4.79 Å². The first kappa shape index (κ1) is 10.8. The van der Waals surface area contributed by atoms with Crippen molar-refractivity contribution in [3.63, 3.8) is 0 Å². The molecule has 0 aliphatic carbocycles. The van der Waals surface area contributed by atoms with Gasteiger partial charge in [-0.25, -0.2) is 9.97 Å². The first-order valence-corrected chi connectivity index (χ1v) is 5.79. The monoisotopic (exact) mass is 237 g/mol. The van der Waals surface area contributed by atoms with E-state index in [-0.39, 0.29) is 6.42 Å². The third-order valence-electron chi connectivity index (χ3n) is 2.12. The Kier molecular flexibility index (Phi) is 3.31. The van der Waals surface area contributed by atoms with Crippen LogP contribution in [0.25, 0.3) is 10.2 Å². The van der Waals surface area contributed by atoms with Gasteiger partial charge in [0.2, 0.25) is 0 Å². The molecule has 0 saturated heterocycles. The van der Waals surface area contributed by atoms with Crippen LogP contribution >= 0.6 is 11.3 Å². The molecule has 0 aromatic carbocycles. The number of nitrogens with one attached hydrogen (secondary N) is 1. The second-order valence-corrected chi connectivity index (χ2v) is 4.18. The predicted octanol–water partition coefficient (Wildman–Crippen LogP) is 1.97. The second-order valence-electron chi connectivity index (χ2n) is 3.29. The summed E-state index contributed by atoms with van der Waals surface area (Å²) in [6, 6.07) is 1.96. The fourth-order valence-electron chi connectivity index (χ4n) is 1.38. The molecule has 16 heavy (non-hydrogen) atoms. The predicted molar refractivity (Wildman–Crippen MR) is 62.8 cm³/mol. The van der Waals surface area contributed by atoms with Crippen molar-refractivity contribution in [2.24, 2.45) is 0 Å². The van der Waals surface area contributed by atoms with Crippen molar-refractivity contribution in [2.45, 2.75) is 12.8 Å². The van der Waals surface area contributed by atoms with Crippen LogP contribution in [0.4, 0.5) is 5.82 Å². The summed E-state index contributed by atoms with van der Waals surface area (Å²) in [7, 11) is 0. The summed E-state index contributed by atoms with van der Waals surface area (Å²) >= 11 is 1.56. The van der Waals surface area contributed by atoms with Gasteiger partial charge in [0, 0.05) is 13.0 Å². The molecule has 2 heterocycles. The third kappa shape index (κ3) is 2.46. The number of thiophene rings is 1. The summed E-state index contributed by atoms with van der Waals surface area (Å²) in [5.74, 6) is 0.00167. The number of fused-ring (bicyclic) bond motifs is 1. The summed E-state index contributed by atoms with van der Waals surface area (Å²) in [5.41, 5.74) is 0. The van der Waals surface area contributed by atoms with Crippen LogP contribution in [-0.2, 0) is 4.79 Å². The number of rotatable bonds is 5. The minimum absolute atomic E-state index is 0.171. The number of hydrogen-bond acceptors (Lipinski definition) is 5. The van der Waals surface area contributed by atoms with Crippen LogP contribution in [0.2, 0.25) is 0 Å². The molecule has 0 aliphatic heterocycles. The van der Waals surface area contributed by atoms with Gasteiger partial charge in [-0.2, -0.15) is 0 Å². The van der Waals surface area contributed by atoms with Gasteiger partial charge in [-0.3, -0.25) is 4.79 Å². The molecule has 2 aromatic heterocycles. The number of carboxylic acid groups (broad SMARTS) is 1. The van der Waals surface area contributed by atoms with Gasteiger partial charge in [-0.15, -0.1) is 11.3 Å². The van der Waals surface area contributed by atoms with E-state index in [2.05, 4.69) is 15.3 Å². The average molecular weight is 237 g/mol. The highest BCUT2D eigenvalue weighted by Gasteiger charge is 2.03. The molecule has 2 N–H and O–H groups in total. The lowest BCUT2D eigenvalue weighted by Gasteiger charge is -2.04. The molecular formula is C10H11N3O2S. The Labute approximate surface area is 96.2 Å². The zero-order valence-electron chi connectivity index (χ0n) is 8.51. The first-order valence-electron chi connectivity index (χ1n) is 4.91. The molecule has 84 valence electrons. The second kappa shape index (κ2) is 4.89. The lowest BCUT2D eigenvalue weighted by atomic mass is 10.3. The van der Waals surface area contributed by atoms with Gasteiger partial charge in [0.05, 0.1) is 5.39 Å². The van der Waals surface area contributed by atoms with Crippen LogP contribution in [0, 0.1) is 0 Å². The van der Waals surface area contributed by atoms with Crippen LogP contribution in [-0.4, -0.2) is 27.6 Å². The van der Waals surface area contributed by atoms with Crippen LogP contribution in [0.3, 0.4) is 0 Å². The van der Waals surface area contributed by atoms with Crippen LogP contribution < -0.4 is 5.32 Å². The normalized spacial score (nSPS) is 10.5. The van der Waals surface area contributed by atoms with Gasteiger partial charge in [0.15, 0.2) is 0 Å². The van der Waals surface area contributed by atoms with Crippen LogP contribution in [0.5, 0.6) is 0 Å². The summed E-state index contributed by atoms with van der Waals surface area (Å²) < 4.78 is 0. The zero-order valence-corrected chi connectivity index (χ0v) is 9.33. The molecule has 0 saturated carbocycles. The lowest BCUT2D eigenvalue weighted by molar-refractivity contribution is -0.137. The molecular weight excluding hydrogens is 226 g/mol. The maximum absolute atomic E-state index is 10.3. The summed E-state index contributed by atoms with van der Waals surface area (Å²) in [6.07, 6.45) is 2.27. The molecule has 0 atom stereocenters. The molecule has 0 amide bonds. The summed E-state index contributed by atoms with van der Waals surface area (Å²) in [4.78, 5) is 19.5. The van der Waals surface area contributed by atoms with Crippen molar-refractivity contribution in [1.29, 1.82) is 0 Å². The number of carboxylic acids is 1. The topological polar surface area (TPSA) is 75.1 Å². The molecule has 0 fully saturated rings. The first-order chi connectivity index (χ1) is 7.77. The smallest absolute Gasteiger partial charge is 0.303 e. The molecule has 5 nitrogen and oxygen atoms in total. The van der Waals surface area contributed by atoms with Gasteiger partial charge in [-0.05, 0) is 17.9 Å². The zero-order chi connectivity index (χ0) is 11.4. The van der Waals surface area contributed by atoms with Gasteiger partial charge in [0.25, 0.3) is 0 Å². The largest absolute Gasteiger partial charge is 0.481 e. The van der Waals surface area contributed by atoms with E-state index < -0.39 is 5.97 Å². The Morgan fingerprint density at radius 1 is 1.50 bits per heavy atom. The Bertz CT molecular complexity index is 498. The van der Waals surface area contributed by atoms with Crippen LogP contribution in [0.15, 0.2) is 17.8 Å². The Hall–Kier alpha value is -1.69. The van der Waals surface area contributed by atoms with E-state index in [1.807, 2.05) is 11.4 Å². The van der Waals surface area contributed by atoms with E-state index in [0.29, 0.717) is 13.0 Å². The minimum atomic E-state index is -0.773. The average Bonchev–Trinajstić information content (AvgIpc) is 2.72. The third-order valence-corrected chi connectivity index (χ3v) is 2.94. The maximum Gasteiger partial charge on any atom is 0.303 e. The molecule has 0 aliphatic rings. The highest BCUT2D eigenvalue weighted by molar-refractivity contribution is 7.16. The van der Waals surface area contributed by atoms with E-state index in [1.54, 1.807) is 11.3 Å². The molecule has 2 aromatic rings. The minimum Gasteiger partial charge on any atom is -0.481 e. The van der Waals surface area contributed by atoms with Gasteiger partial charge < -0.3 is 10.4 Å². The molecule has 0 unspecified atom stereocenters. The van der Waals surface area contributed by atoms with Crippen molar-refractivity contribution < 1.29 is 9.90 Å². The summed E-state index contributed by atoms with van der Waals surface area (Å²) in [5, 5.41) is 14.6. The van der Waals surface area contributed by atoms with Crippen molar-refractivity contribution in [2.75, 3.05) is 11.9 Å². The van der Waals surface area contributed by atoms with Gasteiger partial charge in [-0.1, -0.05) is 0 Å². The van der Waals surface area contributed by atoms with Crippen LogP contribution in [0.1, 0.15) is 12.8 Å². The molecule has 0 bridgehead atoms. The highest BCUT2D eigenvalue weighted by Crippen LogP contribution is 2.23. The highest BCUT2D eigenvalue weighted by atomic mass is 32.1.